The summed E-state index contributed by atoms with van der Waals surface area (Å²) in [6, 6.07) is 9.65. The number of hydrogen-bond acceptors (Lipinski definition) is 3. The van der Waals surface area contributed by atoms with Crippen LogP contribution in [0.3, 0.4) is 0 Å². The van der Waals surface area contributed by atoms with E-state index in [-0.39, 0.29) is 23.6 Å². The summed E-state index contributed by atoms with van der Waals surface area (Å²) in [4.78, 5) is 11.2. The lowest BCUT2D eigenvalue weighted by atomic mass is 10.1. The molecule has 4 N–H and O–H groups in total. The van der Waals surface area contributed by atoms with E-state index < -0.39 is 11.7 Å². The molecule has 0 saturated heterocycles. The van der Waals surface area contributed by atoms with Crippen LogP contribution in [0.25, 0.3) is 0 Å². The van der Waals surface area contributed by atoms with Gasteiger partial charge in [0.15, 0.2) is 11.6 Å². The molecule has 2 rings (SSSR count). The number of nitrogens with two attached hydrogens (primary N) is 2. The predicted octanol–water partition coefficient (Wildman–Crippen LogP) is 2.85. The Bertz CT molecular complexity index is 662. The number of carbonyl (C=O) groups is 1. The van der Waals surface area contributed by atoms with Crippen molar-refractivity contribution in [2.45, 2.75) is 6.61 Å². The molecule has 20 heavy (non-hydrogen) atoms. The van der Waals surface area contributed by atoms with Crippen LogP contribution < -0.4 is 16.2 Å². The number of halogens is 2. The van der Waals surface area contributed by atoms with Crippen molar-refractivity contribution in [2.24, 2.45) is 5.73 Å². The smallest absolute Gasteiger partial charge is 0.250 e. The Morgan fingerprint density at radius 3 is 2.70 bits per heavy atom. The molecule has 0 unspecified atom stereocenters. The molecule has 0 aliphatic heterocycles. The zero-order valence-electron chi connectivity index (χ0n) is 10.4. The van der Waals surface area contributed by atoms with E-state index in [1.807, 2.05) is 24.3 Å². The van der Waals surface area contributed by atoms with Gasteiger partial charge in [0.1, 0.15) is 6.61 Å². The summed E-state index contributed by atoms with van der Waals surface area (Å²) in [7, 11) is 0. The molecular weight excluding hydrogens is 327 g/mol. The highest BCUT2D eigenvalue weighted by Crippen LogP contribution is 2.25. The second-order valence-electron chi connectivity index (χ2n) is 4.15. The zero-order chi connectivity index (χ0) is 14.7. The highest BCUT2D eigenvalue weighted by Gasteiger charge is 2.13. The Balaban J connectivity index is 2.21. The van der Waals surface area contributed by atoms with Crippen molar-refractivity contribution in [2.75, 3.05) is 5.73 Å². The third-order valence-electron chi connectivity index (χ3n) is 2.65. The van der Waals surface area contributed by atoms with Crippen LogP contribution in [0.2, 0.25) is 0 Å². The third kappa shape index (κ3) is 3.27. The van der Waals surface area contributed by atoms with Crippen LogP contribution in [0, 0.1) is 5.82 Å². The first kappa shape index (κ1) is 14.3. The van der Waals surface area contributed by atoms with Crippen molar-refractivity contribution in [3.63, 3.8) is 0 Å². The van der Waals surface area contributed by atoms with Crippen LogP contribution in [0.5, 0.6) is 5.75 Å². The monoisotopic (exact) mass is 338 g/mol. The lowest BCUT2D eigenvalue weighted by Crippen LogP contribution is -2.14. The zero-order valence-corrected chi connectivity index (χ0v) is 12.0. The third-order valence-corrected chi connectivity index (χ3v) is 3.15. The molecule has 2 aromatic carbocycles. The highest BCUT2D eigenvalue weighted by molar-refractivity contribution is 9.10. The summed E-state index contributed by atoms with van der Waals surface area (Å²) < 4.78 is 20.0. The standard InChI is InChI=1S/C14H12BrFN2O2/c15-9-3-1-2-8(4-9)7-20-13-5-10(14(18)19)12(17)6-11(13)16/h1-6H,7,17H2,(H2,18,19). The molecule has 0 atom stereocenters. The van der Waals surface area contributed by atoms with E-state index in [1.165, 1.54) is 6.07 Å². The predicted molar refractivity (Wildman–Crippen MR) is 77.8 cm³/mol. The van der Waals surface area contributed by atoms with Gasteiger partial charge in [-0.05, 0) is 23.8 Å². The fourth-order valence-corrected chi connectivity index (χ4v) is 2.13. The van der Waals surface area contributed by atoms with Gasteiger partial charge >= 0.3 is 0 Å². The Hall–Kier alpha value is -2.08. The van der Waals surface area contributed by atoms with Crippen molar-refractivity contribution in [3.05, 3.63) is 57.8 Å². The largest absolute Gasteiger partial charge is 0.486 e. The molecule has 0 aliphatic carbocycles. The van der Waals surface area contributed by atoms with Gasteiger partial charge in [-0.3, -0.25) is 4.79 Å². The van der Waals surface area contributed by atoms with Gasteiger partial charge in [0.05, 0.1) is 5.56 Å². The first-order chi connectivity index (χ1) is 9.47. The Kier molecular flexibility index (Phi) is 4.24. The van der Waals surface area contributed by atoms with E-state index >= 15 is 0 Å². The fourth-order valence-electron chi connectivity index (χ4n) is 1.68. The molecule has 6 heteroatoms. The minimum absolute atomic E-state index is 0.00944. The summed E-state index contributed by atoms with van der Waals surface area (Å²) in [5.74, 6) is -1.43. The van der Waals surface area contributed by atoms with E-state index in [1.54, 1.807) is 0 Å². The maximum atomic E-state index is 13.7. The maximum Gasteiger partial charge on any atom is 0.250 e. The number of rotatable bonds is 4. The van der Waals surface area contributed by atoms with E-state index in [2.05, 4.69) is 15.9 Å². The Morgan fingerprint density at radius 1 is 1.30 bits per heavy atom. The van der Waals surface area contributed by atoms with Gasteiger partial charge in [-0.1, -0.05) is 28.1 Å². The topological polar surface area (TPSA) is 78.3 Å². The lowest BCUT2D eigenvalue weighted by molar-refractivity contribution is 0.100. The number of primary amides is 1. The van der Waals surface area contributed by atoms with Crippen LogP contribution >= 0.6 is 15.9 Å². The van der Waals surface area contributed by atoms with E-state index in [9.17, 15) is 9.18 Å². The van der Waals surface area contributed by atoms with Crippen molar-refractivity contribution < 1.29 is 13.9 Å². The van der Waals surface area contributed by atoms with Crippen molar-refractivity contribution in [1.82, 2.24) is 0 Å². The summed E-state index contributed by atoms with van der Waals surface area (Å²) in [6.45, 7) is 0.165. The Labute approximate surface area is 123 Å². The average molecular weight is 339 g/mol. The van der Waals surface area contributed by atoms with Crippen LogP contribution in [0.1, 0.15) is 15.9 Å². The summed E-state index contributed by atoms with van der Waals surface area (Å²) in [5.41, 5.74) is 11.6. The van der Waals surface area contributed by atoms with E-state index in [4.69, 9.17) is 16.2 Å². The van der Waals surface area contributed by atoms with Crippen molar-refractivity contribution >= 4 is 27.5 Å². The molecule has 0 fully saturated rings. The summed E-state index contributed by atoms with van der Waals surface area (Å²) in [6.07, 6.45) is 0. The number of benzene rings is 2. The molecular formula is C14H12BrFN2O2. The van der Waals surface area contributed by atoms with Gasteiger partial charge in [-0.25, -0.2) is 4.39 Å². The minimum Gasteiger partial charge on any atom is -0.486 e. The highest BCUT2D eigenvalue weighted by atomic mass is 79.9. The molecule has 0 heterocycles. The number of amides is 1. The van der Waals surface area contributed by atoms with Gasteiger partial charge in [0.25, 0.3) is 5.91 Å². The van der Waals surface area contributed by atoms with E-state index in [0.717, 1.165) is 16.1 Å². The summed E-state index contributed by atoms with van der Waals surface area (Å²) >= 11 is 3.34. The number of carbonyl (C=O) groups excluding carboxylic acids is 1. The molecule has 0 spiro atoms. The normalized spacial score (nSPS) is 10.3. The van der Waals surface area contributed by atoms with Gasteiger partial charge in [0.2, 0.25) is 0 Å². The van der Waals surface area contributed by atoms with Gasteiger partial charge < -0.3 is 16.2 Å². The maximum absolute atomic E-state index is 13.7. The fraction of sp³-hybridized carbons (Fsp3) is 0.0714. The molecule has 2 aromatic rings. The molecule has 0 radical (unpaired) electrons. The number of nitrogen functional groups attached to an aromatic ring is 1. The molecule has 104 valence electrons. The molecule has 4 nitrogen and oxygen atoms in total. The van der Waals surface area contributed by atoms with Crippen LogP contribution in [-0.4, -0.2) is 5.91 Å². The first-order valence-corrected chi connectivity index (χ1v) is 6.52. The van der Waals surface area contributed by atoms with Gasteiger partial charge in [-0.15, -0.1) is 0 Å². The van der Waals surface area contributed by atoms with E-state index in [0.29, 0.717) is 0 Å². The first-order valence-electron chi connectivity index (χ1n) is 5.73. The molecule has 0 bridgehead atoms. The quantitative estimate of drug-likeness (QED) is 0.841. The van der Waals surface area contributed by atoms with Crippen molar-refractivity contribution in [1.29, 1.82) is 0 Å². The van der Waals surface area contributed by atoms with Crippen LogP contribution in [0.4, 0.5) is 10.1 Å². The number of anilines is 1. The summed E-state index contributed by atoms with van der Waals surface area (Å²) in [5, 5.41) is 0. The van der Waals surface area contributed by atoms with Gasteiger partial charge in [0, 0.05) is 16.2 Å². The second kappa shape index (κ2) is 5.92. The van der Waals surface area contributed by atoms with Gasteiger partial charge in [-0.2, -0.15) is 0 Å². The van der Waals surface area contributed by atoms with Crippen molar-refractivity contribution in [3.8, 4) is 5.75 Å². The van der Waals surface area contributed by atoms with Crippen LogP contribution in [0.15, 0.2) is 40.9 Å². The Morgan fingerprint density at radius 2 is 2.05 bits per heavy atom. The second-order valence-corrected chi connectivity index (χ2v) is 5.07. The van der Waals surface area contributed by atoms with Crippen LogP contribution in [-0.2, 0) is 6.61 Å². The molecule has 0 aromatic heterocycles. The molecule has 1 amide bonds. The SMILES string of the molecule is NC(=O)c1cc(OCc2cccc(Br)c2)c(F)cc1N. The molecule has 0 saturated carbocycles. The minimum atomic E-state index is -0.727. The number of ether oxygens (including phenoxy) is 1. The molecule has 0 aliphatic rings. The lowest BCUT2D eigenvalue weighted by Gasteiger charge is -2.10. The number of hydrogen-bond donors (Lipinski definition) is 2. The average Bonchev–Trinajstić information content (AvgIpc) is 2.37.